The lowest BCUT2D eigenvalue weighted by molar-refractivity contribution is -0.137. The van der Waals surface area contributed by atoms with Crippen molar-refractivity contribution in [2.45, 2.75) is 24.8 Å². The van der Waals surface area contributed by atoms with Crippen molar-refractivity contribution >= 4 is 11.8 Å². The first kappa shape index (κ1) is 22.3. The van der Waals surface area contributed by atoms with Crippen LogP contribution in [-0.2, 0) is 4.79 Å². The van der Waals surface area contributed by atoms with E-state index in [0.29, 0.717) is 32.0 Å². The molecule has 2 fully saturated rings. The monoisotopic (exact) mass is 445 g/mol. The summed E-state index contributed by atoms with van der Waals surface area (Å²) in [5.41, 5.74) is 0.738. The number of nitrogens with one attached hydrogen (secondary N) is 1. The van der Waals surface area contributed by atoms with Gasteiger partial charge >= 0.3 is 0 Å². The van der Waals surface area contributed by atoms with Crippen molar-refractivity contribution in [2.75, 3.05) is 33.2 Å². The van der Waals surface area contributed by atoms with Crippen LogP contribution < -0.4 is 5.32 Å². The zero-order valence-electron chi connectivity index (χ0n) is 17.9. The van der Waals surface area contributed by atoms with Crippen molar-refractivity contribution in [2.24, 2.45) is 5.92 Å². The van der Waals surface area contributed by atoms with E-state index in [2.05, 4.69) is 10.2 Å². The van der Waals surface area contributed by atoms with Crippen LogP contribution in [0.15, 0.2) is 42.5 Å². The Morgan fingerprint density at radius 2 is 1.50 bits per heavy atom. The average Bonchev–Trinajstić information content (AvgIpc) is 3.17. The van der Waals surface area contributed by atoms with E-state index in [1.54, 1.807) is 12.1 Å². The second-order valence-electron chi connectivity index (χ2n) is 8.69. The predicted molar refractivity (Wildman–Crippen MR) is 114 cm³/mol. The number of nitrogens with zero attached hydrogens (tertiary/aromatic N) is 2. The van der Waals surface area contributed by atoms with Crippen LogP contribution in [0.25, 0.3) is 0 Å². The van der Waals surface area contributed by atoms with Crippen LogP contribution in [-0.4, -0.2) is 60.9 Å². The van der Waals surface area contributed by atoms with Crippen molar-refractivity contribution in [3.63, 3.8) is 0 Å². The summed E-state index contributed by atoms with van der Waals surface area (Å²) in [5.74, 6) is -3.11. The van der Waals surface area contributed by atoms with Gasteiger partial charge in [0.15, 0.2) is 0 Å². The van der Waals surface area contributed by atoms with Crippen LogP contribution in [0.5, 0.6) is 0 Å². The Hall–Kier alpha value is -2.87. The van der Waals surface area contributed by atoms with Gasteiger partial charge in [-0.05, 0) is 55.6 Å². The van der Waals surface area contributed by atoms with Gasteiger partial charge in [-0.3, -0.25) is 9.59 Å². The smallest absolute Gasteiger partial charge is 0.251 e. The van der Waals surface area contributed by atoms with Gasteiger partial charge in [-0.1, -0.05) is 12.1 Å². The normalized spacial score (nSPS) is 23.9. The van der Waals surface area contributed by atoms with Crippen molar-refractivity contribution < 1.29 is 22.8 Å². The van der Waals surface area contributed by atoms with Crippen LogP contribution in [0.4, 0.5) is 13.2 Å². The number of likely N-dealkylation sites (N-methyl/N-ethyl adjacent to an activating group) is 1. The molecule has 0 spiro atoms. The van der Waals surface area contributed by atoms with E-state index in [4.69, 9.17) is 0 Å². The standard InChI is InChI=1S/C24H26F3N3O2/c1-29-6-8-30(9-7-29)24(32)22-14-20(13-21(22)15-2-4-17(25)5-3-15)28-23(31)16-10-18(26)12-19(27)11-16/h2-5,10-12,20-22H,6-9,13-14H2,1H3,(H,28,31)/t20-,21+,22-/m0/s1. The maximum Gasteiger partial charge on any atom is 0.251 e. The van der Waals surface area contributed by atoms with E-state index in [-0.39, 0.29) is 35.2 Å². The Kier molecular flexibility index (Phi) is 6.50. The zero-order valence-corrected chi connectivity index (χ0v) is 17.9. The Morgan fingerprint density at radius 3 is 2.12 bits per heavy atom. The number of hydrogen-bond donors (Lipinski definition) is 1. The van der Waals surface area contributed by atoms with Gasteiger partial charge in [0, 0.05) is 49.8 Å². The first-order valence-corrected chi connectivity index (χ1v) is 10.8. The van der Waals surface area contributed by atoms with Gasteiger partial charge in [0.05, 0.1) is 0 Å². The highest BCUT2D eigenvalue weighted by Gasteiger charge is 2.42. The third-order valence-corrected chi connectivity index (χ3v) is 6.45. The van der Waals surface area contributed by atoms with E-state index >= 15 is 0 Å². The molecule has 0 radical (unpaired) electrons. The molecule has 4 rings (SSSR count). The van der Waals surface area contributed by atoms with Gasteiger partial charge in [0.25, 0.3) is 5.91 Å². The minimum atomic E-state index is -0.825. The van der Waals surface area contributed by atoms with E-state index in [9.17, 15) is 22.8 Å². The average molecular weight is 445 g/mol. The maximum atomic E-state index is 13.5. The highest BCUT2D eigenvalue weighted by molar-refractivity contribution is 5.94. The van der Waals surface area contributed by atoms with Gasteiger partial charge in [0.1, 0.15) is 17.5 Å². The number of benzene rings is 2. The fraction of sp³-hybridized carbons (Fsp3) is 0.417. The van der Waals surface area contributed by atoms with E-state index in [1.165, 1.54) is 12.1 Å². The minimum Gasteiger partial charge on any atom is -0.349 e. The fourth-order valence-corrected chi connectivity index (χ4v) is 4.72. The number of carbonyl (C=O) groups excluding carboxylic acids is 2. The first-order chi connectivity index (χ1) is 15.3. The van der Waals surface area contributed by atoms with Gasteiger partial charge in [-0.15, -0.1) is 0 Å². The van der Waals surface area contributed by atoms with Crippen LogP contribution in [0.1, 0.15) is 34.7 Å². The number of carbonyl (C=O) groups is 2. The topological polar surface area (TPSA) is 52.6 Å². The molecule has 2 aliphatic rings. The molecule has 0 bridgehead atoms. The quantitative estimate of drug-likeness (QED) is 0.787. The lowest BCUT2D eigenvalue weighted by Gasteiger charge is -2.35. The zero-order chi connectivity index (χ0) is 22.8. The molecule has 0 aromatic heterocycles. The summed E-state index contributed by atoms with van der Waals surface area (Å²) in [6.45, 7) is 2.87. The Labute approximate surface area is 185 Å². The molecule has 1 saturated heterocycles. The highest BCUT2D eigenvalue weighted by Crippen LogP contribution is 2.41. The van der Waals surface area contributed by atoms with Crippen molar-refractivity contribution in [3.8, 4) is 0 Å². The number of hydrogen-bond acceptors (Lipinski definition) is 3. The van der Waals surface area contributed by atoms with E-state index in [0.717, 1.165) is 30.8 Å². The Morgan fingerprint density at radius 1 is 0.875 bits per heavy atom. The molecule has 170 valence electrons. The van der Waals surface area contributed by atoms with Crippen LogP contribution >= 0.6 is 0 Å². The molecule has 2 aromatic carbocycles. The molecule has 5 nitrogen and oxygen atoms in total. The molecule has 3 atom stereocenters. The SMILES string of the molecule is CN1CCN(C(=O)[C@H]2C[C@@H](NC(=O)c3cc(F)cc(F)c3)C[C@@H]2c2ccc(F)cc2)CC1. The number of amides is 2. The summed E-state index contributed by atoms with van der Waals surface area (Å²) in [6.07, 6.45) is 0.899. The highest BCUT2D eigenvalue weighted by atomic mass is 19.1. The largest absolute Gasteiger partial charge is 0.349 e. The van der Waals surface area contributed by atoms with E-state index in [1.807, 2.05) is 11.9 Å². The van der Waals surface area contributed by atoms with Crippen molar-refractivity contribution in [1.82, 2.24) is 15.1 Å². The summed E-state index contributed by atoms with van der Waals surface area (Å²) in [6, 6.07) is 8.43. The molecular formula is C24H26F3N3O2. The second kappa shape index (κ2) is 9.32. The fourth-order valence-electron chi connectivity index (χ4n) is 4.72. The number of rotatable bonds is 4. The molecule has 1 aliphatic heterocycles. The molecule has 2 aromatic rings. The molecular weight excluding hydrogens is 419 g/mol. The second-order valence-corrected chi connectivity index (χ2v) is 8.69. The number of piperazine rings is 1. The van der Waals surface area contributed by atoms with Crippen LogP contribution in [0.3, 0.4) is 0 Å². The lowest BCUT2D eigenvalue weighted by Crippen LogP contribution is -2.49. The minimum absolute atomic E-state index is 0.0287. The summed E-state index contributed by atoms with van der Waals surface area (Å²) >= 11 is 0. The van der Waals surface area contributed by atoms with Crippen molar-refractivity contribution in [1.29, 1.82) is 0 Å². The van der Waals surface area contributed by atoms with Gasteiger partial charge in [-0.25, -0.2) is 13.2 Å². The summed E-state index contributed by atoms with van der Waals surface area (Å²) in [4.78, 5) is 30.0. The first-order valence-electron chi connectivity index (χ1n) is 10.8. The van der Waals surface area contributed by atoms with Gasteiger partial charge < -0.3 is 15.1 Å². The molecule has 1 aliphatic carbocycles. The Balaban J connectivity index is 1.53. The van der Waals surface area contributed by atoms with Crippen LogP contribution in [0, 0.1) is 23.4 Å². The van der Waals surface area contributed by atoms with Crippen molar-refractivity contribution in [3.05, 3.63) is 71.0 Å². The Bertz CT molecular complexity index is 970. The summed E-state index contributed by atoms with van der Waals surface area (Å²) in [7, 11) is 2.01. The summed E-state index contributed by atoms with van der Waals surface area (Å²) in [5, 5.41) is 2.83. The van der Waals surface area contributed by atoms with Gasteiger partial charge in [-0.2, -0.15) is 0 Å². The molecule has 1 N–H and O–H groups in total. The maximum absolute atomic E-state index is 13.5. The third-order valence-electron chi connectivity index (χ3n) is 6.45. The molecule has 1 saturated carbocycles. The molecule has 32 heavy (non-hydrogen) atoms. The van der Waals surface area contributed by atoms with E-state index < -0.39 is 17.5 Å². The molecule has 2 amide bonds. The lowest BCUT2D eigenvalue weighted by atomic mass is 9.87. The molecule has 8 heteroatoms. The predicted octanol–water partition coefficient (Wildman–Crippen LogP) is 3.17. The van der Waals surface area contributed by atoms with Gasteiger partial charge in [0.2, 0.25) is 5.91 Å². The molecule has 1 heterocycles. The van der Waals surface area contributed by atoms with Crippen LogP contribution in [0.2, 0.25) is 0 Å². The number of halogens is 3. The summed E-state index contributed by atoms with van der Waals surface area (Å²) < 4.78 is 40.5. The molecule has 0 unspecified atom stereocenters. The third kappa shape index (κ3) is 4.96.